The summed E-state index contributed by atoms with van der Waals surface area (Å²) in [7, 11) is -3.86. The summed E-state index contributed by atoms with van der Waals surface area (Å²) < 4.78 is 41.0. The van der Waals surface area contributed by atoms with E-state index in [1.54, 1.807) is 0 Å². The van der Waals surface area contributed by atoms with Crippen molar-refractivity contribution >= 4 is 33.4 Å². The van der Waals surface area contributed by atoms with Crippen molar-refractivity contribution in [3.8, 4) is 11.5 Å². The van der Waals surface area contributed by atoms with Gasteiger partial charge in [-0.15, -0.1) is 10.2 Å². The van der Waals surface area contributed by atoms with E-state index in [-0.39, 0.29) is 27.6 Å². The normalized spacial score (nSPS) is 11.3. The number of hydrogen-bond donors (Lipinski definition) is 2. The van der Waals surface area contributed by atoms with Crippen molar-refractivity contribution in [1.82, 2.24) is 10.2 Å². The first-order valence-electron chi connectivity index (χ1n) is 7.46. The number of rotatable bonds is 6. The molecule has 11 heteroatoms. The number of amides is 1. The van der Waals surface area contributed by atoms with Gasteiger partial charge in [0.2, 0.25) is 21.8 Å². The van der Waals surface area contributed by atoms with Crippen molar-refractivity contribution in [2.75, 3.05) is 11.1 Å². The fourth-order valence-corrected chi connectivity index (χ4v) is 3.18. The summed E-state index contributed by atoms with van der Waals surface area (Å²) in [6.45, 7) is 0. The van der Waals surface area contributed by atoms with Crippen LogP contribution >= 0.6 is 11.8 Å². The molecule has 0 unspecified atom stereocenters. The minimum absolute atomic E-state index is 0.0370. The summed E-state index contributed by atoms with van der Waals surface area (Å²) in [6, 6.07) is 11.1. The highest BCUT2D eigenvalue weighted by Gasteiger charge is 2.13. The lowest BCUT2D eigenvalue weighted by Crippen LogP contribution is -2.16. The quantitative estimate of drug-likeness (QED) is 0.599. The Kier molecular flexibility index (Phi) is 5.54. The van der Waals surface area contributed by atoms with Gasteiger partial charge < -0.3 is 9.73 Å². The minimum atomic E-state index is -3.86. The number of sulfonamides is 1. The number of nitrogens with one attached hydrogen (secondary N) is 1. The Balaban J connectivity index is 1.59. The number of carbonyl (C=O) groups is 1. The third-order valence-corrected chi connectivity index (χ3v) is 5.00. The van der Waals surface area contributed by atoms with Gasteiger partial charge in [0.15, 0.2) is 0 Å². The Labute approximate surface area is 158 Å². The third kappa shape index (κ3) is 5.12. The molecular formula is C16H13FN4O4S2. The molecule has 0 atom stereocenters. The molecule has 0 spiro atoms. The number of benzene rings is 2. The van der Waals surface area contributed by atoms with Crippen molar-refractivity contribution in [3.63, 3.8) is 0 Å². The van der Waals surface area contributed by atoms with E-state index in [1.807, 2.05) is 0 Å². The van der Waals surface area contributed by atoms with E-state index in [0.717, 1.165) is 11.8 Å². The zero-order valence-electron chi connectivity index (χ0n) is 13.6. The van der Waals surface area contributed by atoms with Crippen molar-refractivity contribution in [2.24, 2.45) is 5.14 Å². The lowest BCUT2D eigenvalue weighted by molar-refractivity contribution is -0.113. The molecule has 3 rings (SSSR count). The molecule has 2 aromatic carbocycles. The number of nitrogens with two attached hydrogens (primary N) is 1. The van der Waals surface area contributed by atoms with E-state index in [1.165, 1.54) is 48.5 Å². The summed E-state index contributed by atoms with van der Waals surface area (Å²) in [5.41, 5.74) is 0.852. The lowest BCUT2D eigenvalue weighted by Gasteiger charge is -2.05. The van der Waals surface area contributed by atoms with E-state index in [9.17, 15) is 17.6 Å². The number of nitrogens with zero attached hydrogens (tertiary/aromatic N) is 2. The van der Waals surface area contributed by atoms with Crippen molar-refractivity contribution < 1.29 is 22.0 Å². The molecule has 0 aliphatic rings. The average molecular weight is 408 g/mol. The van der Waals surface area contributed by atoms with E-state index in [0.29, 0.717) is 11.3 Å². The highest BCUT2D eigenvalue weighted by molar-refractivity contribution is 7.99. The highest BCUT2D eigenvalue weighted by atomic mass is 32.2. The topological polar surface area (TPSA) is 128 Å². The first-order chi connectivity index (χ1) is 12.8. The van der Waals surface area contributed by atoms with Gasteiger partial charge in [-0.2, -0.15) is 0 Å². The van der Waals surface area contributed by atoms with Crippen LogP contribution in [0.25, 0.3) is 11.5 Å². The molecule has 0 saturated carbocycles. The van der Waals surface area contributed by atoms with Crippen LogP contribution in [0.3, 0.4) is 0 Å². The van der Waals surface area contributed by atoms with Crippen LogP contribution in [0.5, 0.6) is 0 Å². The predicted molar refractivity (Wildman–Crippen MR) is 96.9 cm³/mol. The van der Waals surface area contributed by atoms with Crippen LogP contribution in [-0.2, 0) is 14.8 Å². The van der Waals surface area contributed by atoms with Gasteiger partial charge in [-0.3, -0.25) is 4.79 Å². The number of halogens is 1. The fourth-order valence-electron chi connectivity index (χ4n) is 2.05. The van der Waals surface area contributed by atoms with E-state index in [2.05, 4.69) is 15.5 Å². The SMILES string of the molecule is NS(=O)(=O)c1cccc(NC(=O)CSc2nnc(-c3ccc(F)cc3)o2)c1. The first kappa shape index (κ1) is 19.0. The Hall–Kier alpha value is -2.76. The second kappa shape index (κ2) is 7.86. The van der Waals surface area contributed by atoms with Gasteiger partial charge in [0.1, 0.15) is 5.82 Å². The number of carbonyl (C=O) groups excluding carboxylic acids is 1. The zero-order valence-corrected chi connectivity index (χ0v) is 15.3. The Morgan fingerprint density at radius 2 is 1.93 bits per heavy atom. The molecular weight excluding hydrogens is 395 g/mol. The van der Waals surface area contributed by atoms with Crippen LogP contribution in [0.4, 0.5) is 10.1 Å². The number of hydrogen-bond acceptors (Lipinski definition) is 7. The third-order valence-electron chi connectivity index (χ3n) is 3.27. The molecule has 0 fully saturated rings. The number of primary sulfonamides is 1. The molecule has 1 aromatic heterocycles. The smallest absolute Gasteiger partial charge is 0.277 e. The Bertz CT molecular complexity index is 1070. The predicted octanol–water partition coefficient (Wildman–Crippen LogP) is 2.25. The number of aromatic nitrogens is 2. The molecule has 3 aromatic rings. The Morgan fingerprint density at radius 1 is 1.19 bits per heavy atom. The molecule has 1 heterocycles. The van der Waals surface area contributed by atoms with Crippen LogP contribution in [0.1, 0.15) is 0 Å². The van der Waals surface area contributed by atoms with Crippen molar-refractivity contribution in [2.45, 2.75) is 10.1 Å². The maximum atomic E-state index is 12.9. The molecule has 0 aliphatic carbocycles. The highest BCUT2D eigenvalue weighted by Crippen LogP contribution is 2.23. The van der Waals surface area contributed by atoms with Gasteiger partial charge >= 0.3 is 0 Å². The summed E-state index contributed by atoms with van der Waals surface area (Å²) in [6.07, 6.45) is 0. The van der Waals surface area contributed by atoms with Gasteiger partial charge in [0.05, 0.1) is 10.6 Å². The maximum absolute atomic E-state index is 12.9. The fraction of sp³-hybridized carbons (Fsp3) is 0.0625. The van der Waals surface area contributed by atoms with Crippen molar-refractivity contribution in [1.29, 1.82) is 0 Å². The molecule has 1 amide bonds. The monoisotopic (exact) mass is 408 g/mol. The van der Waals surface area contributed by atoms with Gasteiger partial charge in [-0.1, -0.05) is 17.8 Å². The number of anilines is 1. The second-order valence-corrected chi connectivity index (χ2v) is 7.78. The second-order valence-electron chi connectivity index (χ2n) is 5.29. The summed E-state index contributed by atoms with van der Waals surface area (Å²) >= 11 is 1.01. The molecule has 0 aliphatic heterocycles. The summed E-state index contributed by atoms with van der Waals surface area (Å²) in [5, 5.41) is 15.4. The summed E-state index contributed by atoms with van der Waals surface area (Å²) in [5.74, 6) is -0.604. The van der Waals surface area contributed by atoms with Crippen molar-refractivity contribution in [3.05, 3.63) is 54.3 Å². The molecule has 27 heavy (non-hydrogen) atoms. The van der Waals surface area contributed by atoms with Crippen LogP contribution in [0.2, 0.25) is 0 Å². The minimum Gasteiger partial charge on any atom is -0.411 e. The number of thioether (sulfide) groups is 1. The lowest BCUT2D eigenvalue weighted by atomic mass is 10.2. The largest absolute Gasteiger partial charge is 0.411 e. The average Bonchev–Trinajstić information content (AvgIpc) is 3.09. The van der Waals surface area contributed by atoms with Crippen LogP contribution in [-0.4, -0.2) is 30.3 Å². The molecule has 140 valence electrons. The van der Waals surface area contributed by atoms with Gasteiger partial charge in [-0.25, -0.2) is 17.9 Å². The molecule has 0 saturated heterocycles. The van der Waals surface area contributed by atoms with E-state index in [4.69, 9.17) is 9.56 Å². The van der Waals surface area contributed by atoms with E-state index >= 15 is 0 Å². The van der Waals surface area contributed by atoms with Crippen LogP contribution in [0.15, 0.2) is 63.1 Å². The van der Waals surface area contributed by atoms with Gasteiger partial charge in [0.25, 0.3) is 5.22 Å². The maximum Gasteiger partial charge on any atom is 0.277 e. The standard InChI is InChI=1S/C16H13FN4O4S2/c17-11-6-4-10(5-7-11)15-20-21-16(25-15)26-9-14(22)19-12-2-1-3-13(8-12)27(18,23)24/h1-8H,9H2,(H,19,22)(H2,18,23,24). The van der Waals surface area contributed by atoms with Gasteiger partial charge in [0, 0.05) is 11.3 Å². The van der Waals surface area contributed by atoms with Gasteiger partial charge in [-0.05, 0) is 42.5 Å². The zero-order chi connectivity index (χ0) is 19.4. The van der Waals surface area contributed by atoms with Crippen LogP contribution in [0, 0.1) is 5.82 Å². The molecule has 0 bridgehead atoms. The molecule has 8 nitrogen and oxygen atoms in total. The first-order valence-corrected chi connectivity index (χ1v) is 9.99. The van der Waals surface area contributed by atoms with E-state index < -0.39 is 15.9 Å². The molecule has 0 radical (unpaired) electrons. The Morgan fingerprint density at radius 3 is 2.63 bits per heavy atom. The van der Waals surface area contributed by atoms with Crippen LogP contribution < -0.4 is 10.5 Å². The summed E-state index contributed by atoms with van der Waals surface area (Å²) in [4.78, 5) is 11.9. The molecule has 3 N–H and O–H groups in total.